The zero-order chi connectivity index (χ0) is 19.1. The van der Waals surface area contributed by atoms with Crippen molar-refractivity contribution in [2.75, 3.05) is 0 Å². The van der Waals surface area contributed by atoms with E-state index in [-0.39, 0.29) is 5.92 Å². The van der Waals surface area contributed by atoms with E-state index >= 15 is 0 Å². The van der Waals surface area contributed by atoms with E-state index in [1.165, 1.54) is 0 Å². The molecule has 0 amide bonds. The Hall–Kier alpha value is -2.36. The molecule has 0 aliphatic rings. The van der Waals surface area contributed by atoms with Crippen molar-refractivity contribution in [3.63, 3.8) is 0 Å². The predicted octanol–water partition coefficient (Wildman–Crippen LogP) is 6.40. The molecule has 0 spiro atoms. The van der Waals surface area contributed by atoms with Crippen LogP contribution in [0.25, 0.3) is 22.0 Å². The van der Waals surface area contributed by atoms with E-state index in [1.54, 1.807) is 0 Å². The number of hydrogen-bond acceptors (Lipinski definition) is 2. The normalized spacial score (nSPS) is 12.5. The number of aromatic nitrogens is 3. The monoisotopic (exact) mass is 395 g/mol. The highest BCUT2D eigenvalue weighted by atomic mass is 35.5. The molecule has 2 heterocycles. The van der Waals surface area contributed by atoms with Crippen molar-refractivity contribution in [3.8, 4) is 11.1 Å². The Balaban J connectivity index is 1.91. The van der Waals surface area contributed by atoms with Crippen LogP contribution in [0.4, 0.5) is 0 Å². The van der Waals surface area contributed by atoms with Crippen LogP contribution in [0.2, 0.25) is 10.2 Å². The summed E-state index contributed by atoms with van der Waals surface area (Å²) >= 11 is 13.4. The van der Waals surface area contributed by atoms with Crippen molar-refractivity contribution >= 4 is 34.1 Å². The topological polar surface area (TPSA) is 30.7 Å². The minimum Gasteiger partial charge on any atom is -0.337 e. The number of imidazole rings is 1. The average Bonchev–Trinajstić information content (AvgIpc) is 3.08. The number of hydrogen-bond donors (Lipinski definition) is 0. The molecule has 0 fully saturated rings. The molecule has 27 heavy (non-hydrogen) atoms. The first-order chi connectivity index (χ1) is 13.0. The van der Waals surface area contributed by atoms with Gasteiger partial charge in [0.1, 0.15) is 5.15 Å². The number of fused-ring (bicyclic) bond motifs is 1. The summed E-state index contributed by atoms with van der Waals surface area (Å²) in [7, 11) is 2.00. The van der Waals surface area contributed by atoms with Crippen LogP contribution in [0.15, 0.2) is 55.0 Å². The van der Waals surface area contributed by atoms with Gasteiger partial charge in [0.25, 0.3) is 0 Å². The Kier molecular flexibility index (Phi) is 4.67. The molecule has 4 aromatic rings. The van der Waals surface area contributed by atoms with Gasteiger partial charge in [0.2, 0.25) is 0 Å². The SMILES string of the molecule is Cc1ccccc1-c1c(Cl)nc2ccc(C(C)c3cncn3C)cc2c1Cl. The molecule has 0 aliphatic carbocycles. The molecule has 2 aromatic carbocycles. The van der Waals surface area contributed by atoms with Crippen LogP contribution in [0.3, 0.4) is 0 Å². The Morgan fingerprint density at radius 3 is 2.56 bits per heavy atom. The van der Waals surface area contributed by atoms with Gasteiger partial charge >= 0.3 is 0 Å². The molecule has 0 saturated carbocycles. The van der Waals surface area contributed by atoms with Gasteiger partial charge < -0.3 is 4.57 Å². The molecule has 3 nitrogen and oxygen atoms in total. The van der Waals surface area contributed by atoms with Crippen molar-refractivity contribution in [2.45, 2.75) is 19.8 Å². The van der Waals surface area contributed by atoms with Gasteiger partial charge in [-0.05, 0) is 35.7 Å². The van der Waals surface area contributed by atoms with Crippen LogP contribution in [-0.4, -0.2) is 14.5 Å². The highest BCUT2D eigenvalue weighted by Gasteiger charge is 2.18. The van der Waals surface area contributed by atoms with Gasteiger partial charge in [-0.3, -0.25) is 0 Å². The molecule has 136 valence electrons. The first-order valence-corrected chi connectivity index (χ1v) is 9.54. The molecule has 1 unspecified atom stereocenters. The number of aryl methyl sites for hydroxylation is 2. The van der Waals surface area contributed by atoms with Crippen molar-refractivity contribution in [3.05, 3.63) is 82.0 Å². The van der Waals surface area contributed by atoms with Crippen LogP contribution in [0.1, 0.15) is 29.7 Å². The van der Waals surface area contributed by atoms with E-state index < -0.39 is 0 Å². The molecular formula is C22H19Cl2N3. The van der Waals surface area contributed by atoms with E-state index in [1.807, 2.05) is 61.4 Å². The number of rotatable bonds is 3. The summed E-state index contributed by atoms with van der Waals surface area (Å²) < 4.78 is 2.04. The van der Waals surface area contributed by atoms with E-state index in [2.05, 4.69) is 29.0 Å². The highest BCUT2D eigenvalue weighted by molar-refractivity contribution is 6.42. The number of pyridine rings is 1. The smallest absolute Gasteiger partial charge is 0.139 e. The molecule has 0 saturated heterocycles. The third kappa shape index (κ3) is 3.11. The molecule has 5 heteroatoms. The maximum absolute atomic E-state index is 6.84. The van der Waals surface area contributed by atoms with Crippen LogP contribution >= 0.6 is 23.2 Å². The second kappa shape index (κ2) is 6.99. The Labute approximate surface area is 168 Å². The van der Waals surface area contributed by atoms with Crippen LogP contribution in [0, 0.1) is 6.92 Å². The van der Waals surface area contributed by atoms with Crippen LogP contribution in [0.5, 0.6) is 0 Å². The van der Waals surface area contributed by atoms with Gasteiger partial charge in [0, 0.05) is 35.8 Å². The average molecular weight is 396 g/mol. The first kappa shape index (κ1) is 18.0. The molecular weight excluding hydrogens is 377 g/mol. The van der Waals surface area contributed by atoms with E-state index in [9.17, 15) is 0 Å². The molecule has 0 aliphatic heterocycles. The largest absolute Gasteiger partial charge is 0.337 e. The van der Waals surface area contributed by atoms with E-state index in [4.69, 9.17) is 23.2 Å². The lowest BCUT2D eigenvalue weighted by atomic mass is 9.95. The summed E-state index contributed by atoms with van der Waals surface area (Å²) in [6, 6.07) is 14.2. The maximum atomic E-state index is 6.84. The fourth-order valence-corrected chi connectivity index (χ4v) is 4.20. The maximum Gasteiger partial charge on any atom is 0.139 e. The second-order valence-electron chi connectivity index (χ2n) is 6.83. The molecule has 0 radical (unpaired) electrons. The van der Waals surface area contributed by atoms with Crippen molar-refractivity contribution in [1.82, 2.24) is 14.5 Å². The van der Waals surface area contributed by atoms with Gasteiger partial charge in [-0.25, -0.2) is 9.97 Å². The number of halogens is 2. The van der Waals surface area contributed by atoms with Gasteiger partial charge in [-0.1, -0.05) is 60.5 Å². The Morgan fingerprint density at radius 1 is 1.07 bits per heavy atom. The van der Waals surface area contributed by atoms with E-state index in [0.717, 1.165) is 38.9 Å². The zero-order valence-corrected chi connectivity index (χ0v) is 16.9. The van der Waals surface area contributed by atoms with Gasteiger partial charge in [-0.15, -0.1) is 0 Å². The number of benzene rings is 2. The van der Waals surface area contributed by atoms with Gasteiger partial charge in [-0.2, -0.15) is 0 Å². The summed E-state index contributed by atoms with van der Waals surface area (Å²) in [5.74, 6) is 0.190. The van der Waals surface area contributed by atoms with Gasteiger partial charge in [0.05, 0.1) is 16.9 Å². The van der Waals surface area contributed by atoms with E-state index in [0.29, 0.717) is 10.2 Å². The fourth-order valence-electron chi connectivity index (χ4n) is 3.52. The quantitative estimate of drug-likeness (QED) is 0.375. The zero-order valence-electron chi connectivity index (χ0n) is 15.4. The lowest BCUT2D eigenvalue weighted by Crippen LogP contribution is -2.02. The third-order valence-electron chi connectivity index (χ3n) is 5.11. The van der Waals surface area contributed by atoms with Crippen molar-refractivity contribution in [2.24, 2.45) is 7.05 Å². The Morgan fingerprint density at radius 2 is 1.85 bits per heavy atom. The summed E-state index contributed by atoms with van der Waals surface area (Å²) in [5.41, 5.74) is 6.01. The lowest BCUT2D eigenvalue weighted by Gasteiger charge is -2.16. The van der Waals surface area contributed by atoms with Crippen molar-refractivity contribution < 1.29 is 0 Å². The van der Waals surface area contributed by atoms with Crippen molar-refractivity contribution in [1.29, 1.82) is 0 Å². The standard InChI is InChI=1S/C22H19Cl2N3/c1-13-6-4-5-7-16(13)20-21(23)17-10-15(8-9-18(17)26-22(20)24)14(2)19-11-25-12-27(19)3/h4-12,14H,1-3H3. The fraction of sp³-hybridized carbons (Fsp3) is 0.182. The second-order valence-corrected chi connectivity index (χ2v) is 7.57. The summed E-state index contributed by atoms with van der Waals surface area (Å²) in [4.78, 5) is 8.83. The summed E-state index contributed by atoms with van der Waals surface area (Å²) in [5, 5.41) is 1.97. The first-order valence-electron chi connectivity index (χ1n) is 8.78. The summed E-state index contributed by atoms with van der Waals surface area (Å²) in [6.07, 6.45) is 3.72. The minimum atomic E-state index is 0.190. The van der Waals surface area contributed by atoms with Crippen LogP contribution < -0.4 is 0 Å². The molecule has 0 N–H and O–H groups in total. The Bertz CT molecular complexity index is 1150. The minimum absolute atomic E-state index is 0.190. The molecule has 4 rings (SSSR count). The predicted molar refractivity (Wildman–Crippen MR) is 113 cm³/mol. The summed E-state index contributed by atoms with van der Waals surface area (Å²) in [6.45, 7) is 4.21. The van der Waals surface area contributed by atoms with Crippen LogP contribution in [-0.2, 0) is 7.05 Å². The lowest BCUT2D eigenvalue weighted by molar-refractivity contribution is 0.769. The molecule has 2 aromatic heterocycles. The molecule has 0 bridgehead atoms. The highest BCUT2D eigenvalue weighted by Crippen LogP contribution is 2.40. The third-order valence-corrected chi connectivity index (χ3v) is 5.78. The molecule has 1 atom stereocenters. The number of nitrogens with zero attached hydrogens (tertiary/aromatic N) is 3. The van der Waals surface area contributed by atoms with Gasteiger partial charge in [0.15, 0.2) is 0 Å².